The summed E-state index contributed by atoms with van der Waals surface area (Å²) in [5, 5.41) is 16.6. The Hall–Kier alpha value is -3.62. The standard InChI is InChI=1S/C20H22N8O/c1-20(2,3)17-18(29)28(19-24-22-14-27(19)25-17)23-13-16-5-4-11-26(16)12-8-15-6-9-21-10-7-15/h4-7,9-11,13-14H,8,12H2,1-3H3/b23-13+. The largest absolute Gasteiger partial charge is 0.346 e. The number of hydrogen-bond acceptors (Lipinski definition) is 6. The van der Waals surface area contributed by atoms with Crippen molar-refractivity contribution in [2.45, 2.75) is 39.2 Å². The fourth-order valence-electron chi connectivity index (χ4n) is 3.01. The predicted octanol–water partition coefficient (Wildman–Crippen LogP) is 1.90. The Kier molecular flexibility index (Phi) is 4.79. The van der Waals surface area contributed by atoms with E-state index in [2.05, 4.69) is 29.9 Å². The van der Waals surface area contributed by atoms with Crippen molar-refractivity contribution in [3.05, 3.63) is 76.5 Å². The highest BCUT2D eigenvalue weighted by Crippen LogP contribution is 2.16. The fraction of sp³-hybridized carbons (Fsp3) is 0.300. The minimum atomic E-state index is -0.433. The summed E-state index contributed by atoms with van der Waals surface area (Å²) in [5.74, 6) is 0.272. The lowest BCUT2D eigenvalue weighted by molar-refractivity contribution is 0.529. The molecule has 9 heteroatoms. The lowest BCUT2D eigenvalue weighted by Gasteiger charge is -2.16. The number of fused-ring (bicyclic) bond motifs is 1. The topological polar surface area (TPSA) is 95.3 Å². The Morgan fingerprint density at radius 3 is 2.72 bits per heavy atom. The van der Waals surface area contributed by atoms with Gasteiger partial charge in [-0.25, -0.2) is 0 Å². The molecule has 0 saturated heterocycles. The predicted molar refractivity (Wildman–Crippen MR) is 109 cm³/mol. The molecular weight excluding hydrogens is 368 g/mol. The van der Waals surface area contributed by atoms with Crippen LogP contribution < -0.4 is 5.56 Å². The van der Waals surface area contributed by atoms with E-state index in [1.54, 1.807) is 18.6 Å². The van der Waals surface area contributed by atoms with Gasteiger partial charge in [-0.1, -0.05) is 20.8 Å². The van der Waals surface area contributed by atoms with E-state index in [1.165, 1.54) is 21.1 Å². The first-order valence-electron chi connectivity index (χ1n) is 9.35. The van der Waals surface area contributed by atoms with Crippen LogP contribution in [0, 0.1) is 0 Å². The van der Waals surface area contributed by atoms with Crippen LogP contribution in [0.15, 0.2) is 59.1 Å². The van der Waals surface area contributed by atoms with Crippen LogP contribution in [-0.2, 0) is 18.4 Å². The summed E-state index contributed by atoms with van der Waals surface area (Å²) >= 11 is 0. The molecule has 9 nitrogen and oxygen atoms in total. The molecule has 148 valence electrons. The zero-order valence-corrected chi connectivity index (χ0v) is 16.6. The SMILES string of the molecule is CC(C)(C)c1nn2cnnc2n(/N=C/c2cccn2CCc2ccncc2)c1=O. The van der Waals surface area contributed by atoms with Crippen molar-refractivity contribution in [2.24, 2.45) is 5.10 Å². The van der Waals surface area contributed by atoms with Gasteiger partial charge in [0.25, 0.3) is 11.3 Å². The lowest BCUT2D eigenvalue weighted by atomic mass is 9.93. The van der Waals surface area contributed by atoms with Gasteiger partial charge in [0.2, 0.25) is 0 Å². The molecule has 0 aromatic carbocycles. The van der Waals surface area contributed by atoms with Crippen molar-refractivity contribution in [1.82, 2.24) is 34.0 Å². The van der Waals surface area contributed by atoms with Gasteiger partial charge in [-0.15, -0.1) is 10.2 Å². The summed E-state index contributed by atoms with van der Waals surface area (Å²) in [5.41, 5.74) is 1.76. The first-order valence-corrected chi connectivity index (χ1v) is 9.35. The van der Waals surface area contributed by atoms with Gasteiger partial charge in [-0.05, 0) is 36.2 Å². The van der Waals surface area contributed by atoms with E-state index in [9.17, 15) is 4.79 Å². The second-order valence-electron chi connectivity index (χ2n) is 7.77. The Morgan fingerprint density at radius 2 is 1.97 bits per heavy atom. The molecule has 0 aliphatic rings. The Morgan fingerprint density at radius 1 is 1.17 bits per heavy atom. The zero-order valence-electron chi connectivity index (χ0n) is 16.6. The van der Waals surface area contributed by atoms with E-state index in [-0.39, 0.29) is 11.3 Å². The summed E-state index contributed by atoms with van der Waals surface area (Å²) in [6.45, 7) is 6.60. The maximum atomic E-state index is 13.0. The van der Waals surface area contributed by atoms with Gasteiger partial charge in [0, 0.05) is 30.6 Å². The molecule has 0 saturated carbocycles. The molecule has 0 spiro atoms. The third kappa shape index (κ3) is 3.84. The van der Waals surface area contributed by atoms with Crippen molar-refractivity contribution in [1.29, 1.82) is 0 Å². The van der Waals surface area contributed by atoms with Gasteiger partial charge in [-0.2, -0.15) is 19.4 Å². The minimum absolute atomic E-state index is 0.272. The van der Waals surface area contributed by atoms with E-state index < -0.39 is 5.41 Å². The number of rotatable bonds is 5. The van der Waals surface area contributed by atoms with Crippen molar-refractivity contribution >= 4 is 12.0 Å². The van der Waals surface area contributed by atoms with E-state index in [1.807, 2.05) is 51.2 Å². The van der Waals surface area contributed by atoms with Crippen LogP contribution in [0.4, 0.5) is 0 Å². The molecule has 4 aromatic rings. The molecule has 0 fully saturated rings. The fourth-order valence-corrected chi connectivity index (χ4v) is 3.01. The average molecular weight is 390 g/mol. The van der Waals surface area contributed by atoms with Crippen LogP contribution in [-0.4, -0.2) is 40.3 Å². The third-order valence-electron chi connectivity index (χ3n) is 4.58. The van der Waals surface area contributed by atoms with Crippen LogP contribution in [0.25, 0.3) is 5.78 Å². The number of nitrogens with zero attached hydrogens (tertiary/aromatic N) is 8. The molecule has 4 aromatic heterocycles. The molecule has 0 radical (unpaired) electrons. The summed E-state index contributed by atoms with van der Waals surface area (Å²) in [7, 11) is 0. The molecule has 0 aliphatic carbocycles. The summed E-state index contributed by atoms with van der Waals surface area (Å²) < 4.78 is 4.81. The Bertz CT molecular complexity index is 1210. The first-order chi connectivity index (χ1) is 13.9. The quantitative estimate of drug-likeness (QED) is 0.485. The summed E-state index contributed by atoms with van der Waals surface area (Å²) in [4.78, 5) is 17.0. The van der Waals surface area contributed by atoms with Gasteiger partial charge in [0.05, 0.1) is 11.9 Å². The number of pyridine rings is 1. The summed E-state index contributed by atoms with van der Waals surface area (Å²) in [6, 6.07) is 7.91. The molecule has 0 unspecified atom stereocenters. The second-order valence-corrected chi connectivity index (χ2v) is 7.77. The van der Waals surface area contributed by atoms with Crippen molar-refractivity contribution in [3.8, 4) is 0 Å². The first kappa shape index (κ1) is 18.7. The van der Waals surface area contributed by atoms with Crippen LogP contribution in [0.5, 0.6) is 0 Å². The van der Waals surface area contributed by atoms with Gasteiger partial charge in [0.15, 0.2) is 0 Å². The second kappa shape index (κ2) is 7.42. The molecule has 4 heterocycles. The maximum absolute atomic E-state index is 13.0. The minimum Gasteiger partial charge on any atom is -0.346 e. The van der Waals surface area contributed by atoms with E-state index in [4.69, 9.17) is 0 Å². The Labute approximate surface area is 167 Å². The highest BCUT2D eigenvalue weighted by molar-refractivity contribution is 5.77. The molecular formula is C20H22N8O. The highest BCUT2D eigenvalue weighted by atomic mass is 16.1. The number of aromatic nitrogens is 7. The van der Waals surface area contributed by atoms with Crippen LogP contribution >= 0.6 is 0 Å². The molecule has 0 atom stereocenters. The van der Waals surface area contributed by atoms with Gasteiger partial charge in [0.1, 0.15) is 12.0 Å². The molecule has 29 heavy (non-hydrogen) atoms. The maximum Gasteiger partial charge on any atom is 0.298 e. The number of aryl methyl sites for hydroxylation is 2. The van der Waals surface area contributed by atoms with Crippen molar-refractivity contribution < 1.29 is 0 Å². The van der Waals surface area contributed by atoms with Crippen molar-refractivity contribution in [2.75, 3.05) is 0 Å². The van der Waals surface area contributed by atoms with E-state index in [0.29, 0.717) is 5.69 Å². The van der Waals surface area contributed by atoms with Gasteiger partial charge in [-0.3, -0.25) is 9.78 Å². The lowest BCUT2D eigenvalue weighted by Crippen LogP contribution is -2.33. The highest BCUT2D eigenvalue weighted by Gasteiger charge is 2.23. The molecule has 4 rings (SSSR count). The van der Waals surface area contributed by atoms with Crippen LogP contribution in [0.1, 0.15) is 37.7 Å². The average Bonchev–Trinajstić information content (AvgIpc) is 3.34. The monoisotopic (exact) mass is 390 g/mol. The van der Waals surface area contributed by atoms with Crippen LogP contribution in [0.3, 0.4) is 0 Å². The molecule has 0 bridgehead atoms. The van der Waals surface area contributed by atoms with E-state index >= 15 is 0 Å². The summed E-state index contributed by atoms with van der Waals surface area (Å²) in [6.07, 6.45) is 9.57. The number of hydrogen-bond donors (Lipinski definition) is 0. The van der Waals surface area contributed by atoms with Crippen molar-refractivity contribution in [3.63, 3.8) is 0 Å². The third-order valence-corrected chi connectivity index (χ3v) is 4.58. The zero-order chi connectivity index (χ0) is 20.4. The smallest absolute Gasteiger partial charge is 0.298 e. The van der Waals surface area contributed by atoms with Gasteiger partial charge < -0.3 is 4.57 Å². The normalized spacial score (nSPS) is 12.2. The van der Waals surface area contributed by atoms with E-state index in [0.717, 1.165) is 18.7 Å². The molecule has 0 amide bonds. The molecule has 0 N–H and O–H groups in total. The van der Waals surface area contributed by atoms with Gasteiger partial charge >= 0.3 is 0 Å². The molecule has 0 aliphatic heterocycles. The Balaban J connectivity index is 1.66. The van der Waals surface area contributed by atoms with Crippen LogP contribution in [0.2, 0.25) is 0 Å².